The zero-order chi connectivity index (χ0) is 16.0. The van der Waals surface area contributed by atoms with Crippen LogP contribution in [-0.4, -0.2) is 19.1 Å². The van der Waals surface area contributed by atoms with E-state index in [0.717, 1.165) is 12.2 Å². The minimum absolute atomic E-state index is 0.253. The van der Waals surface area contributed by atoms with E-state index in [-0.39, 0.29) is 5.97 Å². The third-order valence-electron chi connectivity index (χ3n) is 3.76. The molecule has 0 aromatic heterocycles. The first-order chi connectivity index (χ1) is 10.8. The highest BCUT2D eigenvalue weighted by Crippen LogP contribution is 2.12. The molecule has 1 rings (SSSR count). The summed E-state index contributed by atoms with van der Waals surface area (Å²) in [7, 11) is 0. The van der Waals surface area contributed by atoms with Crippen LogP contribution in [0.25, 0.3) is 0 Å². The summed E-state index contributed by atoms with van der Waals surface area (Å²) in [6, 6.07) is 7.51. The normalized spacial score (nSPS) is 10.5. The van der Waals surface area contributed by atoms with Crippen molar-refractivity contribution in [2.45, 2.75) is 65.2 Å². The Hall–Kier alpha value is -1.51. The molecule has 0 amide bonds. The second-order valence-corrected chi connectivity index (χ2v) is 5.70. The van der Waals surface area contributed by atoms with Crippen LogP contribution < -0.4 is 5.32 Å². The maximum absolute atomic E-state index is 11.5. The predicted octanol–water partition coefficient (Wildman–Crippen LogP) is 5.42. The van der Waals surface area contributed by atoms with Gasteiger partial charge in [0.15, 0.2) is 0 Å². The zero-order valence-electron chi connectivity index (χ0n) is 14.2. The fourth-order valence-corrected chi connectivity index (χ4v) is 2.43. The van der Waals surface area contributed by atoms with Gasteiger partial charge in [-0.15, -0.1) is 0 Å². The van der Waals surface area contributed by atoms with E-state index in [4.69, 9.17) is 4.74 Å². The summed E-state index contributed by atoms with van der Waals surface area (Å²) in [4.78, 5) is 11.5. The molecular weight excluding hydrogens is 274 g/mol. The average molecular weight is 305 g/mol. The van der Waals surface area contributed by atoms with Crippen molar-refractivity contribution in [2.75, 3.05) is 18.5 Å². The Labute approximate surface area is 135 Å². The second kappa shape index (κ2) is 12.1. The molecule has 0 spiro atoms. The Balaban J connectivity index is 2.09. The molecule has 0 bridgehead atoms. The number of rotatable bonds is 12. The van der Waals surface area contributed by atoms with E-state index in [1.165, 1.54) is 51.4 Å². The molecule has 22 heavy (non-hydrogen) atoms. The molecule has 0 saturated heterocycles. The lowest BCUT2D eigenvalue weighted by molar-refractivity contribution is 0.0526. The van der Waals surface area contributed by atoms with E-state index in [0.29, 0.717) is 12.2 Å². The van der Waals surface area contributed by atoms with Gasteiger partial charge in [0.25, 0.3) is 0 Å². The Kier molecular flexibility index (Phi) is 10.2. The number of carbonyl (C=O) groups excluding carboxylic acids is 1. The smallest absolute Gasteiger partial charge is 0.338 e. The van der Waals surface area contributed by atoms with Crippen LogP contribution in [0.15, 0.2) is 24.3 Å². The van der Waals surface area contributed by atoms with E-state index in [9.17, 15) is 4.79 Å². The fourth-order valence-electron chi connectivity index (χ4n) is 2.43. The van der Waals surface area contributed by atoms with Crippen molar-refractivity contribution in [3.63, 3.8) is 0 Å². The van der Waals surface area contributed by atoms with Crippen LogP contribution in [0.5, 0.6) is 0 Å². The lowest BCUT2D eigenvalue weighted by Gasteiger charge is -2.07. The lowest BCUT2D eigenvalue weighted by atomic mass is 10.1. The third kappa shape index (κ3) is 8.06. The Morgan fingerprint density at radius 1 is 0.909 bits per heavy atom. The molecule has 0 aliphatic carbocycles. The summed E-state index contributed by atoms with van der Waals surface area (Å²) >= 11 is 0. The van der Waals surface area contributed by atoms with E-state index >= 15 is 0 Å². The first-order valence-electron chi connectivity index (χ1n) is 8.79. The molecule has 3 heteroatoms. The zero-order valence-corrected chi connectivity index (χ0v) is 14.2. The number of benzene rings is 1. The van der Waals surface area contributed by atoms with Crippen molar-refractivity contribution in [1.29, 1.82) is 0 Å². The maximum atomic E-state index is 11.5. The van der Waals surface area contributed by atoms with Gasteiger partial charge in [-0.05, 0) is 37.6 Å². The molecule has 0 atom stereocenters. The Morgan fingerprint density at radius 2 is 1.50 bits per heavy atom. The molecule has 0 unspecified atom stereocenters. The van der Waals surface area contributed by atoms with Crippen molar-refractivity contribution in [3.05, 3.63) is 29.8 Å². The number of anilines is 1. The summed E-state index contributed by atoms with van der Waals surface area (Å²) in [6.45, 7) is 5.48. The number of carbonyl (C=O) groups is 1. The molecule has 124 valence electrons. The van der Waals surface area contributed by atoms with Crippen LogP contribution in [0, 0.1) is 0 Å². The highest BCUT2D eigenvalue weighted by atomic mass is 16.5. The topological polar surface area (TPSA) is 38.3 Å². The molecule has 3 nitrogen and oxygen atoms in total. The number of esters is 1. The van der Waals surface area contributed by atoms with E-state index in [2.05, 4.69) is 12.2 Å². The molecular formula is C19H31NO2. The number of hydrogen-bond acceptors (Lipinski definition) is 3. The Bertz CT molecular complexity index is 400. The molecule has 1 aromatic carbocycles. The van der Waals surface area contributed by atoms with Gasteiger partial charge in [-0.2, -0.15) is 0 Å². The van der Waals surface area contributed by atoms with Crippen molar-refractivity contribution >= 4 is 11.7 Å². The quantitative estimate of drug-likeness (QED) is 0.414. The predicted molar refractivity (Wildman–Crippen MR) is 93.5 cm³/mol. The van der Waals surface area contributed by atoms with E-state index in [1.807, 2.05) is 31.2 Å². The van der Waals surface area contributed by atoms with E-state index < -0.39 is 0 Å². The van der Waals surface area contributed by atoms with Gasteiger partial charge in [0, 0.05) is 12.2 Å². The van der Waals surface area contributed by atoms with Crippen molar-refractivity contribution < 1.29 is 9.53 Å². The third-order valence-corrected chi connectivity index (χ3v) is 3.76. The van der Waals surface area contributed by atoms with Gasteiger partial charge in [0.1, 0.15) is 0 Å². The van der Waals surface area contributed by atoms with Gasteiger partial charge in [-0.3, -0.25) is 0 Å². The molecule has 0 aliphatic heterocycles. The highest BCUT2D eigenvalue weighted by molar-refractivity contribution is 5.89. The lowest BCUT2D eigenvalue weighted by Crippen LogP contribution is -2.05. The molecule has 0 heterocycles. The van der Waals surface area contributed by atoms with Gasteiger partial charge < -0.3 is 10.1 Å². The van der Waals surface area contributed by atoms with Gasteiger partial charge in [-0.25, -0.2) is 4.79 Å². The van der Waals surface area contributed by atoms with Gasteiger partial charge in [-0.1, -0.05) is 51.9 Å². The summed E-state index contributed by atoms with van der Waals surface area (Å²) in [5, 5.41) is 3.40. The van der Waals surface area contributed by atoms with Crippen LogP contribution in [0.4, 0.5) is 5.69 Å². The fraction of sp³-hybridized carbons (Fsp3) is 0.632. The molecule has 0 fully saturated rings. The van der Waals surface area contributed by atoms with Gasteiger partial charge in [0.05, 0.1) is 12.2 Å². The highest BCUT2D eigenvalue weighted by Gasteiger charge is 2.05. The first-order valence-corrected chi connectivity index (χ1v) is 8.79. The number of nitrogens with one attached hydrogen (secondary N) is 1. The van der Waals surface area contributed by atoms with Gasteiger partial charge >= 0.3 is 5.97 Å². The summed E-state index contributed by atoms with van der Waals surface area (Å²) in [5.74, 6) is -0.253. The largest absolute Gasteiger partial charge is 0.462 e. The standard InChI is InChI=1S/C19H31NO2/c1-3-5-6-7-8-9-10-11-16-20-18-14-12-17(13-15-18)19(21)22-4-2/h12-15,20H,3-11,16H2,1-2H3. The maximum Gasteiger partial charge on any atom is 0.338 e. The number of unbranched alkanes of at least 4 members (excludes halogenated alkanes) is 7. The van der Waals surface area contributed by atoms with Crippen molar-refractivity contribution in [3.8, 4) is 0 Å². The molecule has 0 aliphatic rings. The molecule has 1 aromatic rings. The van der Waals surface area contributed by atoms with Crippen LogP contribution in [0.2, 0.25) is 0 Å². The summed E-state index contributed by atoms with van der Waals surface area (Å²) < 4.78 is 4.97. The average Bonchev–Trinajstić information content (AvgIpc) is 2.54. The van der Waals surface area contributed by atoms with Crippen LogP contribution in [0.3, 0.4) is 0 Å². The number of ether oxygens (including phenoxy) is 1. The monoisotopic (exact) mass is 305 g/mol. The number of hydrogen-bond donors (Lipinski definition) is 1. The van der Waals surface area contributed by atoms with E-state index in [1.54, 1.807) is 0 Å². The summed E-state index contributed by atoms with van der Waals surface area (Å²) in [6.07, 6.45) is 10.7. The van der Waals surface area contributed by atoms with Crippen LogP contribution >= 0.6 is 0 Å². The van der Waals surface area contributed by atoms with Gasteiger partial charge in [0.2, 0.25) is 0 Å². The Morgan fingerprint density at radius 3 is 2.09 bits per heavy atom. The molecule has 1 N–H and O–H groups in total. The SMILES string of the molecule is CCCCCCCCCCNc1ccc(C(=O)OCC)cc1. The van der Waals surface area contributed by atoms with Crippen LogP contribution in [-0.2, 0) is 4.74 Å². The first kappa shape index (κ1) is 18.5. The van der Waals surface area contributed by atoms with Crippen LogP contribution in [0.1, 0.15) is 75.6 Å². The van der Waals surface area contributed by atoms with Crippen molar-refractivity contribution in [2.24, 2.45) is 0 Å². The minimum Gasteiger partial charge on any atom is -0.462 e. The molecule has 0 radical (unpaired) electrons. The second-order valence-electron chi connectivity index (χ2n) is 5.70. The minimum atomic E-state index is -0.253. The van der Waals surface area contributed by atoms with Crippen molar-refractivity contribution in [1.82, 2.24) is 0 Å². The molecule has 0 saturated carbocycles. The summed E-state index contributed by atoms with van der Waals surface area (Å²) in [5.41, 5.74) is 1.68.